The van der Waals surface area contributed by atoms with Gasteiger partial charge in [0.05, 0.1) is 27.7 Å². The third-order valence-electron chi connectivity index (χ3n) is 5.74. The van der Waals surface area contributed by atoms with Crippen molar-refractivity contribution in [1.29, 1.82) is 0 Å². The molecule has 2 amide bonds. The van der Waals surface area contributed by atoms with Crippen LogP contribution in [0, 0.1) is 12.7 Å². The van der Waals surface area contributed by atoms with E-state index in [0.717, 1.165) is 5.56 Å². The summed E-state index contributed by atoms with van der Waals surface area (Å²) in [5, 5.41) is 6.01. The average Bonchev–Trinajstić information content (AvgIpc) is 2.90. The number of hydrogen-bond acceptors (Lipinski definition) is 5. The minimum Gasteiger partial charge on any atom is -0.368 e. The number of carbonyl (C=O) groups excluding carboxylic acids is 2. The molecule has 0 radical (unpaired) electrons. The predicted octanol–water partition coefficient (Wildman–Crippen LogP) is 4.93. The molecule has 0 saturated heterocycles. The molecule has 0 unspecified atom stereocenters. The van der Waals surface area contributed by atoms with Crippen LogP contribution in [0.5, 0.6) is 0 Å². The number of aryl methyl sites for hydroxylation is 1. The van der Waals surface area contributed by atoms with E-state index in [1.54, 1.807) is 43.6 Å². The van der Waals surface area contributed by atoms with Gasteiger partial charge in [0.2, 0.25) is 12.3 Å². The zero-order chi connectivity index (χ0) is 27.8. The van der Waals surface area contributed by atoms with Crippen LogP contribution in [-0.4, -0.2) is 48.3 Å². The number of rotatable bonds is 10. The first-order chi connectivity index (χ1) is 18.2. The number of aromatic nitrogens is 2. The van der Waals surface area contributed by atoms with Crippen LogP contribution in [0.2, 0.25) is 5.02 Å². The van der Waals surface area contributed by atoms with Crippen molar-refractivity contribution in [3.05, 3.63) is 82.9 Å². The highest BCUT2D eigenvalue weighted by atomic mass is 35.5. The van der Waals surface area contributed by atoms with Gasteiger partial charge in [0.15, 0.2) is 5.82 Å². The Labute approximate surface area is 226 Å². The maximum absolute atomic E-state index is 14.8. The molecule has 0 aliphatic rings. The Balaban J connectivity index is 2.22. The van der Waals surface area contributed by atoms with E-state index < -0.39 is 5.82 Å². The van der Waals surface area contributed by atoms with Crippen molar-refractivity contribution in [2.24, 2.45) is 4.99 Å². The van der Waals surface area contributed by atoms with Crippen molar-refractivity contribution in [3.63, 3.8) is 0 Å². The fourth-order valence-electron chi connectivity index (χ4n) is 3.93. The van der Waals surface area contributed by atoms with Crippen molar-refractivity contribution >= 4 is 41.3 Å². The molecule has 8 nitrogen and oxygen atoms in total. The van der Waals surface area contributed by atoms with Gasteiger partial charge >= 0.3 is 0 Å². The topological polar surface area (TPSA) is 99.6 Å². The number of nitrogens with zero attached hydrogens (tertiary/aromatic N) is 4. The van der Waals surface area contributed by atoms with Crippen LogP contribution >= 0.6 is 11.6 Å². The number of halogens is 2. The van der Waals surface area contributed by atoms with Gasteiger partial charge < -0.3 is 10.6 Å². The van der Waals surface area contributed by atoms with E-state index >= 15 is 0 Å². The lowest BCUT2D eigenvalue weighted by Gasteiger charge is -2.26. The molecule has 0 bridgehead atoms. The van der Waals surface area contributed by atoms with Crippen LogP contribution in [0.4, 0.5) is 15.9 Å². The number of amides is 2. The lowest BCUT2D eigenvalue weighted by molar-refractivity contribution is -0.116. The fourth-order valence-corrected chi connectivity index (χ4v) is 4.18. The summed E-state index contributed by atoms with van der Waals surface area (Å²) in [6.07, 6.45) is 3.52. The molecule has 1 aromatic carbocycles. The second-order valence-electron chi connectivity index (χ2n) is 8.66. The zero-order valence-corrected chi connectivity index (χ0v) is 22.5. The third kappa shape index (κ3) is 6.23. The van der Waals surface area contributed by atoms with E-state index in [9.17, 15) is 14.0 Å². The van der Waals surface area contributed by atoms with Gasteiger partial charge in [-0.15, -0.1) is 0 Å². The summed E-state index contributed by atoms with van der Waals surface area (Å²) < 4.78 is 14.8. The lowest BCUT2D eigenvalue weighted by atomic mass is 10.0. The summed E-state index contributed by atoms with van der Waals surface area (Å²) in [7, 11) is 1.58. The number of pyridine rings is 2. The van der Waals surface area contributed by atoms with Crippen LogP contribution in [0.1, 0.15) is 36.6 Å². The van der Waals surface area contributed by atoms with Gasteiger partial charge in [-0.1, -0.05) is 44.2 Å². The van der Waals surface area contributed by atoms with Crippen molar-refractivity contribution in [1.82, 2.24) is 20.6 Å². The van der Waals surface area contributed by atoms with Crippen LogP contribution in [0.15, 0.2) is 60.2 Å². The second-order valence-corrected chi connectivity index (χ2v) is 9.06. The number of amidine groups is 1. The molecule has 2 N–H and O–H groups in total. The first-order valence-electron chi connectivity index (χ1n) is 12.0. The Morgan fingerprint density at radius 2 is 1.95 bits per heavy atom. The quantitative estimate of drug-likeness (QED) is 0.126. The zero-order valence-electron chi connectivity index (χ0n) is 21.8. The molecular weight excluding hydrogens is 507 g/mol. The summed E-state index contributed by atoms with van der Waals surface area (Å²) in [4.78, 5) is 39.2. The van der Waals surface area contributed by atoms with Crippen molar-refractivity contribution in [2.75, 3.05) is 25.0 Å². The molecule has 38 heavy (non-hydrogen) atoms. The maximum atomic E-state index is 14.8. The molecule has 0 atom stereocenters. The number of benzene rings is 1. The number of carbonyl (C=O) groups is 2. The minimum absolute atomic E-state index is 0.0000441. The van der Waals surface area contributed by atoms with Gasteiger partial charge in [0.25, 0.3) is 0 Å². The molecular formula is C28H30ClFN6O2. The average molecular weight is 537 g/mol. The Morgan fingerprint density at radius 3 is 2.58 bits per heavy atom. The monoisotopic (exact) mass is 536 g/mol. The standard InChI is InChI=1S/C28H30ClFN6O2/c1-6-23(38)32-13-14-34-27(31-5)20-15-21(29)25(19-9-7-8-10-22(19)30)35-28(20)36(16-37)26-18(4)11-12-33-24(26)17(2)3/h6-12,15-17H,1,13-14H2,2-5H3,(H,31,34)(H,32,38). The number of aliphatic imine (C=N–C) groups is 1. The molecule has 2 heterocycles. The molecule has 198 valence electrons. The van der Waals surface area contributed by atoms with E-state index in [4.69, 9.17) is 16.6 Å². The van der Waals surface area contributed by atoms with Crippen LogP contribution in [0.3, 0.4) is 0 Å². The van der Waals surface area contributed by atoms with E-state index in [1.165, 1.54) is 17.0 Å². The van der Waals surface area contributed by atoms with Gasteiger partial charge in [0.1, 0.15) is 11.7 Å². The van der Waals surface area contributed by atoms with Gasteiger partial charge in [-0.3, -0.25) is 24.5 Å². The van der Waals surface area contributed by atoms with Crippen LogP contribution in [-0.2, 0) is 9.59 Å². The lowest BCUT2D eigenvalue weighted by Crippen LogP contribution is -2.35. The normalized spacial score (nSPS) is 11.3. The largest absolute Gasteiger partial charge is 0.368 e. The van der Waals surface area contributed by atoms with Crippen molar-refractivity contribution < 1.29 is 14.0 Å². The summed E-state index contributed by atoms with van der Waals surface area (Å²) in [6.45, 7) is 9.89. The molecule has 0 spiro atoms. The SMILES string of the molecule is C=CC(=O)NCCNC(=NC)c1cc(Cl)c(-c2ccccc2F)nc1N(C=O)c1c(C)ccnc1C(C)C. The highest BCUT2D eigenvalue weighted by molar-refractivity contribution is 6.33. The number of nitrogens with one attached hydrogen (secondary N) is 2. The van der Waals surface area contributed by atoms with Crippen LogP contribution < -0.4 is 15.5 Å². The number of hydrogen-bond donors (Lipinski definition) is 2. The maximum Gasteiger partial charge on any atom is 0.243 e. The highest BCUT2D eigenvalue weighted by Crippen LogP contribution is 2.38. The van der Waals surface area contributed by atoms with Crippen molar-refractivity contribution in [3.8, 4) is 11.3 Å². The molecule has 0 saturated carbocycles. The Kier molecular flexibility index (Phi) is 9.67. The van der Waals surface area contributed by atoms with E-state index in [1.807, 2.05) is 20.8 Å². The molecule has 0 aliphatic carbocycles. The van der Waals surface area contributed by atoms with E-state index in [0.29, 0.717) is 42.3 Å². The predicted molar refractivity (Wildman–Crippen MR) is 150 cm³/mol. The molecule has 0 fully saturated rings. The van der Waals surface area contributed by atoms with Gasteiger partial charge in [0, 0.05) is 31.9 Å². The summed E-state index contributed by atoms with van der Waals surface area (Å²) in [6, 6.07) is 9.55. The highest BCUT2D eigenvalue weighted by Gasteiger charge is 2.26. The first kappa shape index (κ1) is 28.5. The summed E-state index contributed by atoms with van der Waals surface area (Å²) >= 11 is 6.64. The van der Waals surface area contributed by atoms with Crippen LogP contribution in [0.25, 0.3) is 11.3 Å². The number of anilines is 2. The minimum atomic E-state index is -0.501. The smallest absolute Gasteiger partial charge is 0.243 e. The Hall–Kier alpha value is -4.11. The fraction of sp³-hybridized carbons (Fsp3) is 0.250. The van der Waals surface area contributed by atoms with Gasteiger partial charge in [-0.2, -0.15) is 0 Å². The second kappa shape index (κ2) is 12.9. The third-order valence-corrected chi connectivity index (χ3v) is 6.03. The van der Waals surface area contributed by atoms with E-state index in [2.05, 4.69) is 27.2 Å². The summed E-state index contributed by atoms with van der Waals surface area (Å²) in [5.41, 5.74) is 2.86. The Morgan fingerprint density at radius 1 is 1.24 bits per heavy atom. The van der Waals surface area contributed by atoms with Crippen molar-refractivity contribution in [2.45, 2.75) is 26.7 Å². The Bertz CT molecular complexity index is 1380. The molecule has 10 heteroatoms. The molecule has 2 aromatic heterocycles. The molecule has 3 aromatic rings. The van der Waals surface area contributed by atoms with Gasteiger partial charge in [-0.25, -0.2) is 9.37 Å². The van der Waals surface area contributed by atoms with Gasteiger partial charge in [-0.05, 0) is 48.7 Å². The molecule has 0 aliphatic heterocycles. The molecule has 3 rings (SSSR count). The summed E-state index contributed by atoms with van der Waals surface area (Å²) in [5.74, 6) is -0.230. The first-order valence-corrected chi connectivity index (χ1v) is 12.4. The van der Waals surface area contributed by atoms with E-state index in [-0.39, 0.29) is 33.9 Å².